The van der Waals surface area contributed by atoms with E-state index in [9.17, 15) is 13.6 Å². The number of allylic oxidation sites excluding steroid dienone is 2. The van der Waals surface area contributed by atoms with Crippen molar-refractivity contribution in [3.05, 3.63) is 45.7 Å². The van der Waals surface area contributed by atoms with E-state index in [1.807, 2.05) is 24.8 Å². The molecule has 0 radical (unpaired) electrons. The number of aryl methyl sites for hydroxylation is 2. The van der Waals surface area contributed by atoms with Gasteiger partial charge in [-0.1, -0.05) is 38.5 Å². The molecule has 1 aliphatic carbocycles. The standard InChI is InChI=1S/C28H39F2N5O/c1-5-18-12-19-7-9-23(29)22(19)13-20(18)14-24-17(4)6-8-21-26(31)33-28(30)34-27(21)35(24)11-10-25(36)32-15-16(2)3/h12-13,16,21,23,28H,5-11,14-15H2,1-4H3,(H2,31,33)(H,32,36). The number of nitrogens with one attached hydrogen (secondary N) is 1. The molecule has 36 heavy (non-hydrogen) atoms. The number of rotatable bonds is 8. The second-order valence-electron chi connectivity index (χ2n) is 10.6. The Hall–Kier alpha value is -2.77. The third kappa shape index (κ3) is 5.62. The fourth-order valence-corrected chi connectivity index (χ4v) is 5.48. The molecule has 4 rings (SSSR count). The molecule has 3 N–H and O–H groups in total. The van der Waals surface area contributed by atoms with Gasteiger partial charge in [0, 0.05) is 31.6 Å². The Morgan fingerprint density at radius 1 is 1.19 bits per heavy atom. The fraction of sp³-hybridized carbons (Fsp3) is 0.607. The van der Waals surface area contributed by atoms with Crippen LogP contribution in [0, 0.1) is 11.8 Å². The molecule has 3 aliphatic rings. The highest BCUT2D eigenvalue weighted by atomic mass is 19.1. The van der Waals surface area contributed by atoms with E-state index < -0.39 is 12.6 Å². The Morgan fingerprint density at radius 3 is 2.69 bits per heavy atom. The smallest absolute Gasteiger partial charge is 0.287 e. The normalized spacial score (nSPS) is 23.8. The van der Waals surface area contributed by atoms with Gasteiger partial charge in [0.1, 0.15) is 17.8 Å². The predicted molar refractivity (Wildman–Crippen MR) is 140 cm³/mol. The van der Waals surface area contributed by atoms with Crippen molar-refractivity contribution in [2.45, 2.75) is 85.2 Å². The van der Waals surface area contributed by atoms with Gasteiger partial charge in [-0.25, -0.2) is 14.4 Å². The molecule has 0 aromatic heterocycles. The molecule has 2 aliphatic heterocycles. The molecule has 1 aromatic rings. The van der Waals surface area contributed by atoms with Crippen LogP contribution >= 0.6 is 0 Å². The van der Waals surface area contributed by atoms with E-state index in [0.29, 0.717) is 44.1 Å². The molecule has 0 fully saturated rings. The van der Waals surface area contributed by atoms with Crippen LogP contribution in [-0.4, -0.2) is 42.0 Å². The van der Waals surface area contributed by atoms with Gasteiger partial charge in [-0.3, -0.25) is 4.79 Å². The number of carbonyl (C=O) groups excluding carboxylic acids is 1. The van der Waals surface area contributed by atoms with E-state index in [0.717, 1.165) is 47.2 Å². The molecular weight excluding hydrogens is 460 g/mol. The van der Waals surface area contributed by atoms with Crippen LogP contribution < -0.4 is 11.1 Å². The Morgan fingerprint density at radius 2 is 1.97 bits per heavy atom. The average Bonchev–Trinajstić information content (AvgIpc) is 3.13. The van der Waals surface area contributed by atoms with Gasteiger partial charge >= 0.3 is 0 Å². The summed E-state index contributed by atoms with van der Waals surface area (Å²) in [5.74, 6) is 0.809. The number of halogens is 2. The van der Waals surface area contributed by atoms with Crippen molar-refractivity contribution in [1.82, 2.24) is 10.2 Å². The van der Waals surface area contributed by atoms with Gasteiger partial charge in [0.15, 0.2) is 0 Å². The molecule has 0 spiro atoms. The number of alkyl halides is 2. The van der Waals surface area contributed by atoms with Crippen LogP contribution in [-0.2, 0) is 24.1 Å². The van der Waals surface area contributed by atoms with Crippen molar-refractivity contribution in [2.24, 2.45) is 27.6 Å². The number of aliphatic imine (C=N–C) groups is 2. The van der Waals surface area contributed by atoms with Crippen molar-refractivity contribution in [3.63, 3.8) is 0 Å². The number of carbonyl (C=O) groups is 1. The second-order valence-corrected chi connectivity index (χ2v) is 10.6. The number of nitrogens with zero attached hydrogens (tertiary/aromatic N) is 3. The summed E-state index contributed by atoms with van der Waals surface area (Å²) in [7, 11) is 0. The lowest BCUT2D eigenvalue weighted by Gasteiger charge is -2.33. The Bertz CT molecular complexity index is 1090. The number of fused-ring (bicyclic) bond motifs is 2. The monoisotopic (exact) mass is 499 g/mol. The molecule has 1 aromatic carbocycles. The maximum atomic E-state index is 14.6. The second kappa shape index (κ2) is 11.1. The first kappa shape index (κ1) is 26.3. The van der Waals surface area contributed by atoms with Gasteiger partial charge in [-0.05, 0) is 67.2 Å². The molecule has 3 atom stereocenters. The third-order valence-electron chi connectivity index (χ3n) is 7.54. The van der Waals surface area contributed by atoms with Crippen molar-refractivity contribution < 1.29 is 13.6 Å². The highest BCUT2D eigenvalue weighted by Gasteiger charge is 2.35. The minimum atomic E-state index is -1.74. The van der Waals surface area contributed by atoms with Crippen LogP contribution in [0.4, 0.5) is 8.78 Å². The van der Waals surface area contributed by atoms with Crippen molar-refractivity contribution in [2.75, 3.05) is 13.1 Å². The fourth-order valence-electron chi connectivity index (χ4n) is 5.48. The molecule has 8 heteroatoms. The summed E-state index contributed by atoms with van der Waals surface area (Å²) < 4.78 is 29.1. The highest BCUT2D eigenvalue weighted by Crippen LogP contribution is 2.38. The summed E-state index contributed by atoms with van der Waals surface area (Å²) >= 11 is 0. The maximum Gasteiger partial charge on any atom is 0.287 e. The average molecular weight is 500 g/mol. The lowest BCUT2D eigenvalue weighted by Crippen LogP contribution is -2.45. The quantitative estimate of drug-likeness (QED) is 0.498. The Balaban J connectivity index is 1.68. The lowest BCUT2D eigenvalue weighted by atomic mass is 9.93. The molecule has 0 saturated heterocycles. The van der Waals surface area contributed by atoms with Crippen LogP contribution in [0.15, 0.2) is 33.4 Å². The molecule has 0 bridgehead atoms. The summed E-state index contributed by atoms with van der Waals surface area (Å²) in [5, 5.41) is 2.97. The Kier molecular flexibility index (Phi) is 8.10. The molecule has 2 heterocycles. The zero-order chi connectivity index (χ0) is 26.0. The van der Waals surface area contributed by atoms with E-state index in [-0.39, 0.29) is 24.1 Å². The maximum absolute atomic E-state index is 14.6. The first-order valence-electron chi connectivity index (χ1n) is 13.2. The SMILES string of the molecule is CCc1cc2c(cc1CC1=C(C)CCC3C(N)=NC(F)N=C3N1CCC(=O)NCC(C)C)C(F)CC2. The molecule has 1 amide bonds. The highest BCUT2D eigenvalue weighted by molar-refractivity contribution is 6.07. The van der Waals surface area contributed by atoms with Crippen LogP contribution in [0.5, 0.6) is 0 Å². The van der Waals surface area contributed by atoms with Crippen LogP contribution in [0.1, 0.15) is 81.8 Å². The van der Waals surface area contributed by atoms with E-state index in [2.05, 4.69) is 35.2 Å². The lowest BCUT2D eigenvalue weighted by molar-refractivity contribution is -0.121. The van der Waals surface area contributed by atoms with Crippen LogP contribution in [0.25, 0.3) is 0 Å². The number of hydrogen-bond acceptors (Lipinski definition) is 5. The van der Waals surface area contributed by atoms with Gasteiger partial charge in [-0.2, -0.15) is 4.39 Å². The number of nitrogens with two attached hydrogens (primary N) is 1. The molecule has 3 unspecified atom stereocenters. The van der Waals surface area contributed by atoms with Crippen molar-refractivity contribution in [1.29, 1.82) is 0 Å². The van der Waals surface area contributed by atoms with E-state index in [1.54, 1.807) is 0 Å². The van der Waals surface area contributed by atoms with E-state index in [4.69, 9.17) is 5.73 Å². The topological polar surface area (TPSA) is 83.1 Å². The van der Waals surface area contributed by atoms with E-state index in [1.165, 1.54) is 5.56 Å². The number of amidine groups is 2. The van der Waals surface area contributed by atoms with Gasteiger partial charge in [-0.15, -0.1) is 0 Å². The van der Waals surface area contributed by atoms with Gasteiger partial charge < -0.3 is 16.0 Å². The summed E-state index contributed by atoms with van der Waals surface area (Å²) in [5.41, 5.74) is 12.5. The van der Waals surface area contributed by atoms with Gasteiger partial charge in [0.05, 0.1) is 5.92 Å². The zero-order valence-corrected chi connectivity index (χ0v) is 21.9. The molecule has 0 saturated carbocycles. The van der Waals surface area contributed by atoms with E-state index >= 15 is 0 Å². The molecule has 196 valence electrons. The summed E-state index contributed by atoms with van der Waals surface area (Å²) in [6.45, 7) is 9.27. The Labute approximate surface area is 213 Å². The zero-order valence-electron chi connectivity index (χ0n) is 21.9. The van der Waals surface area contributed by atoms with Crippen LogP contribution in [0.2, 0.25) is 0 Å². The third-order valence-corrected chi connectivity index (χ3v) is 7.54. The van der Waals surface area contributed by atoms with Gasteiger partial charge in [0.25, 0.3) is 6.42 Å². The minimum absolute atomic E-state index is 0.0524. The van der Waals surface area contributed by atoms with Crippen molar-refractivity contribution >= 4 is 17.6 Å². The minimum Gasteiger partial charge on any atom is -0.387 e. The molecular formula is C28H39F2N5O. The van der Waals surface area contributed by atoms with Crippen LogP contribution in [0.3, 0.4) is 0 Å². The number of hydrogen-bond donors (Lipinski definition) is 2. The molecule has 6 nitrogen and oxygen atoms in total. The van der Waals surface area contributed by atoms with Gasteiger partial charge in [0.2, 0.25) is 5.91 Å². The predicted octanol–water partition coefficient (Wildman–Crippen LogP) is 4.92. The summed E-state index contributed by atoms with van der Waals surface area (Å²) in [6, 6.07) is 4.18. The first-order chi connectivity index (χ1) is 17.2. The van der Waals surface area contributed by atoms with Crippen molar-refractivity contribution in [3.8, 4) is 0 Å². The summed E-state index contributed by atoms with van der Waals surface area (Å²) in [6.07, 6.45) is 1.76. The number of amides is 1. The first-order valence-corrected chi connectivity index (χ1v) is 13.2. The summed E-state index contributed by atoms with van der Waals surface area (Å²) in [4.78, 5) is 22.8. The number of benzene rings is 1. The largest absolute Gasteiger partial charge is 0.387 e.